The lowest BCUT2D eigenvalue weighted by Crippen LogP contribution is -2.55. The van der Waals surface area contributed by atoms with Crippen LogP contribution in [0.4, 0.5) is 5.82 Å². The summed E-state index contributed by atoms with van der Waals surface area (Å²) in [6, 6.07) is 7.94. The molecule has 1 atom stereocenters. The number of fused-ring (bicyclic) bond motifs is 1. The van der Waals surface area contributed by atoms with Crippen LogP contribution >= 0.6 is 0 Å². The number of benzene rings is 1. The van der Waals surface area contributed by atoms with Crippen LogP contribution in [-0.2, 0) is 9.53 Å². The fourth-order valence-electron chi connectivity index (χ4n) is 3.26. The average Bonchev–Trinajstić information content (AvgIpc) is 3.14. The van der Waals surface area contributed by atoms with E-state index in [1.807, 2.05) is 38.1 Å². The molecule has 1 N–H and O–H groups in total. The Bertz CT molecular complexity index is 963. The summed E-state index contributed by atoms with van der Waals surface area (Å²) in [7, 11) is 0. The van der Waals surface area contributed by atoms with Gasteiger partial charge in [-0.15, -0.1) is 0 Å². The SMILES string of the molecule is CCC(=O)N(c1cc2cc(-c3cnc(C)o3)ccc2cn1)C1COCCN1. The number of ether oxygens (including phenoxy) is 1. The van der Waals surface area contributed by atoms with Gasteiger partial charge in [-0.1, -0.05) is 19.1 Å². The number of pyridine rings is 1. The van der Waals surface area contributed by atoms with Crippen molar-refractivity contribution in [1.29, 1.82) is 0 Å². The summed E-state index contributed by atoms with van der Waals surface area (Å²) >= 11 is 0. The van der Waals surface area contributed by atoms with Crippen molar-refractivity contribution >= 4 is 22.5 Å². The van der Waals surface area contributed by atoms with Crippen LogP contribution in [0.1, 0.15) is 19.2 Å². The third-order valence-electron chi connectivity index (χ3n) is 4.64. The van der Waals surface area contributed by atoms with Gasteiger partial charge in [0.25, 0.3) is 0 Å². The van der Waals surface area contributed by atoms with Crippen molar-refractivity contribution in [2.45, 2.75) is 26.4 Å². The van der Waals surface area contributed by atoms with Gasteiger partial charge in [0.05, 0.1) is 19.4 Å². The van der Waals surface area contributed by atoms with Gasteiger partial charge in [0.1, 0.15) is 12.0 Å². The molecule has 4 rings (SSSR count). The summed E-state index contributed by atoms with van der Waals surface area (Å²) < 4.78 is 11.2. The van der Waals surface area contributed by atoms with Gasteiger partial charge >= 0.3 is 0 Å². The monoisotopic (exact) mass is 366 g/mol. The third-order valence-corrected chi connectivity index (χ3v) is 4.64. The molecular weight excluding hydrogens is 344 g/mol. The number of carbonyl (C=O) groups excluding carboxylic acids is 1. The molecular formula is C20H22N4O3. The fraction of sp³-hybridized carbons (Fsp3) is 0.350. The van der Waals surface area contributed by atoms with E-state index in [-0.39, 0.29) is 12.1 Å². The third kappa shape index (κ3) is 3.56. The van der Waals surface area contributed by atoms with Crippen LogP contribution in [0, 0.1) is 6.92 Å². The highest BCUT2D eigenvalue weighted by atomic mass is 16.5. The lowest BCUT2D eigenvalue weighted by Gasteiger charge is -2.34. The molecule has 0 saturated carbocycles. The zero-order valence-electron chi connectivity index (χ0n) is 15.4. The normalized spacial score (nSPS) is 17.2. The molecule has 1 aliphatic heterocycles. The molecule has 2 aromatic heterocycles. The second-order valence-corrected chi connectivity index (χ2v) is 6.51. The first kappa shape index (κ1) is 17.6. The number of morpholine rings is 1. The number of nitrogens with zero attached hydrogens (tertiary/aromatic N) is 3. The van der Waals surface area contributed by atoms with E-state index in [0.29, 0.717) is 37.9 Å². The Hall–Kier alpha value is -2.77. The average molecular weight is 366 g/mol. The van der Waals surface area contributed by atoms with Crippen molar-refractivity contribution in [3.05, 3.63) is 42.5 Å². The lowest BCUT2D eigenvalue weighted by molar-refractivity contribution is -0.119. The van der Waals surface area contributed by atoms with Gasteiger partial charge in [-0.3, -0.25) is 15.0 Å². The molecule has 0 radical (unpaired) electrons. The summed E-state index contributed by atoms with van der Waals surface area (Å²) in [5.74, 6) is 1.97. The number of rotatable bonds is 4. The number of aryl methyl sites for hydroxylation is 1. The number of anilines is 1. The van der Waals surface area contributed by atoms with Crippen molar-refractivity contribution in [3.8, 4) is 11.3 Å². The van der Waals surface area contributed by atoms with Gasteiger partial charge in [0, 0.05) is 37.0 Å². The highest BCUT2D eigenvalue weighted by Gasteiger charge is 2.27. The zero-order chi connectivity index (χ0) is 18.8. The first-order valence-corrected chi connectivity index (χ1v) is 9.11. The Morgan fingerprint density at radius 3 is 2.85 bits per heavy atom. The smallest absolute Gasteiger partial charge is 0.229 e. The van der Waals surface area contributed by atoms with Crippen molar-refractivity contribution in [2.24, 2.45) is 0 Å². The molecule has 1 aromatic carbocycles. The van der Waals surface area contributed by atoms with Crippen LogP contribution in [0.25, 0.3) is 22.1 Å². The summed E-state index contributed by atoms with van der Waals surface area (Å²) in [5.41, 5.74) is 0.938. The van der Waals surface area contributed by atoms with E-state index in [2.05, 4.69) is 15.3 Å². The van der Waals surface area contributed by atoms with Crippen molar-refractivity contribution in [3.63, 3.8) is 0 Å². The van der Waals surface area contributed by atoms with E-state index in [1.165, 1.54) is 0 Å². The number of hydrogen-bond acceptors (Lipinski definition) is 6. The van der Waals surface area contributed by atoms with Crippen LogP contribution in [0.15, 0.2) is 41.1 Å². The molecule has 1 unspecified atom stereocenters. The van der Waals surface area contributed by atoms with Gasteiger partial charge in [0.2, 0.25) is 5.91 Å². The number of hydrogen-bond donors (Lipinski definition) is 1. The summed E-state index contributed by atoms with van der Waals surface area (Å²) in [4.78, 5) is 23.0. The Morgan fingerprint density at radius 1 is 1.26 bits per heavy atom. The molecule has 1 fully saturated rings. The lowest BCUT2D eigenvalue weighted by atomic mass is 10.1. The number of amides is 1. The van der Waals surface area contributed by atoms with E-state index >= 15 is 0 Å². The standard InChI is InChI=1S/C20H22N4O3/c1-3-20(25)24(19-12-26-7-6-21-19)18-9-16-8-14(4-5-15(16)10-23-18)17-11-22-13(2)27-17/h4-5,8-11,19,21H,3,6-7,12H2,1-2H3. The molecule has 1 amide bonds. The van der Waals surface area contributed by atoms with Crippen molar-refractivity contribution < 1.29 is 13.9 Å². The zero-order valence-corrected chi connectivity index (χ0v) is 15.4. The van der Waals surface area contributed by atoms with E-state index in [4.69, 9.17) is 9.15 Å². The summed E-state index contributed by atoms with van der Waals surface area (Å²) in [6.45, 7) is 5.48. The van der Waals surface area contributed by atoms with Crippen molar-refractivity contribution in [2.75, 3.05) is 24.7 Å². The van der Waals surface area contributed by atoms with Crippen LogP contribution in [-0.4, -0.2) is 41.8 Å². The van der Waals surface area contributed by atoms with E-state index < -0.39 is 0 Å². The van der Waals surface area contributed by atoms with Gasteiger partial charge in [-0.25, -0.2) is 9.97 Å². The minimum atomic E-state index is -0.212. The minimum Gasteiger partial charge on any atom is -0.441 e. The number of aromatic nitrogens is 2. The molecule has 7 nitrogen and oxygen atoms in total. The Balaban J connectivity index is 1.74. The molecule has 3 heterocycles. The Kier molecular flexibility index (Phi) is 4.87. The van der Waals surface area contributed by atoms with Gasteiger partial charge < -0.3 is 9.15 Å². The minimum absolute atomic E-state index is 0.00636. The van der Waals surface area contributed by atoms with Crippen LogP contribution < -0.4 is 10.2 Å². The van der Waals surface area contributed by atoms with Gasteiger partial charge in [0.15, 0.2) is 11.7 Å². The highest BCUT2D eigenvalue weighted by Crippen LogP contribution is 2.27. The second-order valence-electron chi connectivity index (χ2n) is 6.51. The molecule has 1 saturated heterocycles. The molecule has 0 spiro atoms. The molecule has 0 aliphatic carbocycles. The van der Waals surface area contributed by atoms with Gasteiger partial charge in [-0.05, 0) is 17.5 Å². The molecule has 140 valence electrons. The summed E-state index contributed by atoms with van der Waals surface area (Å²) in [5, 5.41) is 5.32. The number of nitrogens with one attached hydrogen (secondary N) is 1. The van der Waals surface area contributed by atoms with Crippen LogP contribution in [0.2, 0.25) is 0 Å². The predicted molar refractivity (Wildman–Crippen MR) is 102 cm³/mol. The van der Waals surface area contributed by atoms with Crippen molar-refractivity contribution in [1.82, 2.24) is 15.3 Å². The first-order chi connectivity index (χ1) is 13.2. The van der Waals surface area contributed by atoms with E-state index in [9.17, 15) is 4.79 Å². The van der Waals surface area contributed by atoms with E-state index in [0.717, 1.165) is 22.1 Å². The quantitative estimate of drug-likeness (QED) is 0.765. The summed E-state index contributed by atoms with van der Waals surface area (Å²) in [6.07, 6.45) is 3.69. The highest BCUT2D eigenvalue weighted by molar-refractivity contribution is 5.96. The second kappa shape index (κ2) is 7.46. The molecule has 0 bridgehead atoms. The number of oxazole rings is 1. The largest absolute Gasteiger partial charge is 0.441 e. The molecule has 3 aromatic rings. The molecule has 27 heavy (non-hydrogen) atoms. The topological polar surface area (TPSA) is 80.5 Å². The maximum Gasteiger partial charge on any atom is 0.229 e. The Labute approximate surface area is 157 Å². The van der Waals surface area contributed by atoms with Crippen LogP contribution in [0.3, 0.4) is 0 Å². The predicted octanol–water partition coefficient (Wildman–Crippen LogP) is 2.89. The van der Waals surface area contributed by atoms with Gasteiger partial charge in [-0.2, -0.15) is 0 Å². The molecule has 1 aliphatic rings. The maximum absolute atomic E-state index is 12.6. The van der Waals surface area contributed by atoms with Crippen LogP contribution in [0.5, 0.6) is 0 Å². The molecule has 7 heteroatoms. The fourth-order valence-corrected chi connectivity index (χ4v) is 3.26. The van der Waals surface area contributed by atoms with E-state index in [1.54, 1.807) is 17.3 Å². The maximum atomic E-state index is 12.6. The Morgan fingerprint density at radius 2 is 2.15 bits per heavy atom. The first-order valence-electron chi connectivity index (χ1n) is 9.11. The number of carbonyl (C=O) groups is 1.